The molecule has 0 aliphatic heterocycles. The van der Waals surface area contributed by atoms with Crippen molar-refractivity contribution in [1.29, 1.82) is 0 Å². The number of Topliss-reactive ketones (excluding diaryl/α,β-unsaturated/α-hetero) is 2. The van der Waals surface area contributed by atoms with E-state index in [0.29, 0.717) is 18.0 Å². The molecule has 0 aromatic carbocycles. The molecule has 3 heteroatoms. The quantitative estimate of drug-likeness (QED) is 0.585. The lowest BCUT2D eigenvalue weighted by Crippen LogP contribution is -2.27. The van der Waals surface area contributed by atoms with E-state index >= 15 is 0 Å². The van der Waals surface area contributed by atoms with E-state index in [4.69, 9.17) is 0 Å². The fraction of sp³-hybridized carbons (Fsp3) is 0.867. The lowest BCUT2D eigenvalue weighted by Gasteiger charge is -2.22. The Morgan fingerprint density at radius 2 is 1.28 bits per heavy atom. The third kappa shape index (κ3) is 7.80. The zero-order valence-electron chi connectivity index (χ0n) is 13.0. The summed E-state index contributed by atoms with van der Waals surface area (Å²) in [6, 6.07) is 2.23. The largest absolute Gasteiger partial charge is 0.299 e. The maximum atomic E-state index is 11.6. The predicted molar refractivity (Wildman–Crippen MR) is 80.6 cm³/mol. The van der Waals surface area contributed by atoms with Crippen LogP contribution in [-0.4, -0.2) is 19.6 Å². The van der Waals surface area contributed by atoms with Crippen molar-refractivity contribution in [1.82, 2.24) is 0 Å². The van der Waals surface area contributed by atoms with E-state index in [-0.39, 0.29) is 11.8 Å². The summed E-state index contributed by atoms with van der Waals surface area (Å²) in [4.78, 5) is 23.2. The second-order valence-corrected chi connectivity index (χ2v) is 12.1. The Hall–Kier alpha value is -0.443. The zero-order valence-corrected chi connectivity index (χ0v) is 14.0. The summed E-state index contributed by atoms with van der Waals surface area (Å²) in [5.74, 6) is 1.08. The molecule has 0 heterocycles. The first kappa shape index (κ1) is 17.6. The van der Waals surface area contributed by atoms with Crippen molar-refractivity contribution in [3.8, 4) is 0 Å². The molecule has 2 nitrogen and oxygen atoms in total. The number of hydrogen-bond acceptors (Lipinski definition) is 2. The summed E-state index contributed by atoms with van der Waals surface area (Å²) in [6.45, 7) is 12.5. The van der Waals surface area contributed by atoms with Gasteiger partial charge in [0.1, 0.15) is 11.6 Å². The van der Waals surface area contributed by atoms with Crippen molar-refractivity contribution in [3.63, 3.8) is 0 Å². The molecule has 0 rings (SSSR count). The minimum Gasteiger partial charge on any atom is -0.299 e. The Morgan fingerprint density at radius 1 is 0.833 bits per heavy atom. The minimum absolute atomic E-state index is 0.164. The first-order valence-electron chi connectivity index (χ1n) is 7.21. The molecule has 0 aromatic rings. The molecule has 0 fully saturated rings. The van der Waals surface area contributed by atoms with Crippen LogP contribution in [0.5, 0.6) is 0 Å². The van der Waals surface area contributed by atoms with Gasteiger partial charge in [0.2, 0.25) is 0 Å². The van der Waals surface area contributed by atoms with E-state index in [1.165, 1.54) is 0 Å². The first-order chi connectivity index (χ1) is 8.15. The highest BCUT2D eigenvalue weighted by Crippen LogP contribution is 2.22. The summed E-state index contributed by atoms with van der Waals surface area (Å²) in [6.07, 6.45) is 2.45. The van der Waals surface area contributed by atoms with Crippen LogP contribution in [0.4, 0.5) is 0 Å². The molecule has 0 spiro atoms. The van der Waals surface area contributed by atoms with Crippen LogP contribution >= 0.6 is 0 Å². The maximum absolute atomic E-state index is 11.6. The van der Waals surface area contributed by atoms with Crippen LogP contribution in [-0.2, 0) is 9.59 Å². The molecule has 0 saturated carbocycles. The summed E-state index contributed by atoms with van der Waals surface area (Å²) in [7, 11) is -1.29. The van der Waals surface area contributed by atoms with E-state index in [0.717, 1.165) is 24.9 Å². The van der Waals surface area contributed by atoms with Gasteiger partial charge in [-0.25, -0.2) is 0 Å². The Balaban J connectivity index is 3.94. The van der Waals surface area contributed by atoms with Gasteiger partial charge in [0.25, 0.3) is 0 Å². The van der Waals surface area contributed by atoms with Crippen LogP contribution in [0.15, 0.2) is 0 Å². The van der Waals surface area contributed by atoms with E-state index < -0.39 is 8.07 Å². The molecular formula is C15H30O2Si. The average Bonchev–Trinajstić information content (AvgIpc) is 2.25. The molecule has 0 bridgehead atoms. The van der Waals surface area contributed by atoms with Gasteiger partial charge in [-0.05, 0) is 6.42 Å². The molecule has 0 radical (unpaired) electrons. The first-order valence-corrected chi connectivity index (χ1v) is 10.6. The number of hydrogen-bond donors (Lipinski definition) is 0. The second kappa shape index (κ2) is 7.88. The summed E-state index contributed by atoms with van der Waals surface area (Å²) in [5.41, 5.74) is 0. The zero-order chi connectivity index (χ0) is 14.3. The van der Waals surface area contributed by atoms with Crippen LogP contribution in [0.1, 0.15) is 47.0 Å². The molecule has 0 atom stereocenters. The van der Waals surface area contributed by atoms with Crippen molar-refractivity contribution in [2.75, 3.05) is 0 Å². The highest BCUT2D eigenvalue weighted by atomic mass is 28.3. The van der Waals surface area contributed by atoms with Gasteiger partial charge in [-0.2, -0.15) is 0 Å². The lowest BCUT2D eigenvalue weighted by atomic mass is 10.1. The fourth-order valence-corrected chi connectivity index (χ4v) is 4.21. The number of carbonyl (C=O) groups is 2. The molecule has 18 heavy (non-hydrogen) atoms. The summed E-state index contributed by atoms with van der Waals surface area (Å²) < 4.78 is 0. The van der Waals surface area contributed by atoms with Crippen molar-refractivity contribution in [2.45, 2.75) is 72.1 Å². The SMILES string of the molecule is CC(C)C(=O)CCC[Si](C)(C)CCC(=O)C(C)C. The number of ketones is 2. The van der Waals surface area contributed by atoms with Crippen molar-refractivity contribution in [2.24, 2.45) is 11.8 Å². The van der Waals surface area contributed by atoms with Crippen molar-refractivity contribution in [3.05, 3.63) is 0 Å². The van der Waals surface area contributed by atoms with Crippen molar-refractivity contribution < 1.29 is 9.59 Å². The third-order valence-corrected chi connectivity index (χ3v) is 6.92. The normalized spacial score (nSPS) is 12.2. The molecule has 0 N–H and O–H groups in total. The van der Waals surface area contributed by atoms with Crippen LogP contribution in [0.2, 0.25) is 25.2 Å². The molecule has 0 aliphatic rings. The molecule has 0 saturated heterocycles. The standard InChI is InChI=1S/C15H30O2Si/c1-12(2)14(16)8-7-10-18(5,6)11-9-15(17)13(3)4/h12-13H,7-11H2,1-6H3. The minimum atomic E-state index is -1.29. The van der Waals surface area contributed by atoms with Gasteiger partial charge in [0.05, 0.1) is 0 Å². The van der Waals surface area contributed by atoms with Gasteiger partial charge >= 0.3 is 0 Å². The predicted octanol–water partition coefficient (Wildman–Crippen LogP) is 4.32. The molecule has 106 valence electrons. The smallest absolute Gasteiger partial charge is 0.135 e. The van der Waals surface area contributed by atoms with Gasteiger partial charge in [0.15, 0.2) is 0 Å². The fourth-order valence-electron chi connectivity index (χ4n) is 1.91. The molecule has 0 aromatic heterocycles. The third-order valence-electron chi connectivity index (χ3n) is 3.61. The highest BCUT2D eigenvalue weighted by Gasteiger charge is 2.22. The van der Waals surface area contributed by atoms with Gasteiger partial charge < -0.3 is 0 Å². The van der Waals surface area contributed by atoms with E-state index in [2.05, 4.69) is 13.1 Å². The molecule has 0 unspecified atom stereocenters. The van der Waals surface area contributed by atoms with Crippen LogP contribution in [0.25, 0.3) is 0 Å². The molecule has 0 aliphatic carbocycles. The van der Waals surface area contributed by atoms with Gasteiger partial charge in [-0.3, -0.25) is 9.59 Å². The van der Waals surface area contributed by atoms with Crippen LogP contribution < -0.4 is 0 Å². The second-order valence-electron chi connectivity index (χ2n) is 6.76. The Morgan fingerprint density at radius 3 is 1.72 bits per heavy atom. The maximum Gasteiger partial charge on any atom is 0.135 e. The topological polar surface area (TPSA) is 34.1 Å². The summed E-state index contributed by atoms with van der Waals surface area (Å²) >= 11 is 0. The molecular weight excluding hydrogens is 240 g/mol. The molecule has 0 amide bonds. The summed E-state index contributed by atoms with van der Waals surface area (Å²) in [5, 5.41) is 0. The van der Waals surface area contributed by atoms with E-state index in [1.807, 2.05) is 27.7 Å². The van der Waals surface area contributed by atoms with E-state index in [1.54, 1.807) is 0 Å². The highest BCUT2D eigenvalue weighted by molar-refractivity contribution is 6.77. The van der Waals surface area contributed by atoms with Crippen LogP contribution in [0.3, 0.4) is 0 Å². The Labute approximate surface area is 114 Å². The lowest BCUT2D eigenvalue weighted by molar-refractivity contribution is -0.122. The number of carbonyl (C=O) groups excluding carboxylic acids is 2. The van der Waals surface area contributed by atoms with Gasteiger partial charge in [0, 0.05) is 32.8 Å². The van der Waals surface area contributed by atoms with Crippen molar-refractivity contribution >= 4 is 19.6 Å². The van der Waals surface area contributed by atoms with Crippen LogP contribution in [0, 0.1) is 11.8 Å². The Kier molecular flexibility index (Phi) is 7.68. The van der Waals surface area contributed by atoms with E-state index in [9.17, 15) is 9.59 Å². The number of rotatable bonds is 9. The monoisotopic (exact) mass is 270 g/mol. The van der Waals surface area contributed by atoms with Gasteiger partial charge in [-0.1, -0.05) is 52.9 Å². The average molecular weight is 270 g/mol. The van der Waals surface area contributed by atoms with Gasteiger partial charge in [-0.15, -0.1) is 0 Å². The Bertz CT molecular complexity index is 280.